The molecule has 0 aliphatic carbocycles. The second kappa shape index (κ2) is 11.7. The minimum absolute atomic E-state index is 0.0204. The van der Waals surface area contributed by atoms with Crippen LogP contribution in [-0.2, 0) is 16.0 Å². The summed E-state index contributed by atoms with van der Waals surface area (Å²) >= 11 is 0. The van der Waals surface area contributed by atoms with Crippen LogP contribution >= 0.6 is 0 Å². The van der Waals surface area contributed by atoms with Gasteiger partial charge in [-0.05, 0) is 92.6 Å². The standard InChI is InChI=1S/C35H36N4O4/c1-7-23-19(4)27-14-22-13-18(3)25(9-11-34(40)41)32(36-22)17-33-26(10-12-35(42)43)21(6)29(39-33)16-31-24(8-2)20(5)28(38-31)15-30(23)37-27/h7-8,14-17,37-38H,1-2,9-13H2,3-6H3,(H,40,41)(H,42,43). The Bertz CT molecular complexity index is 1930. The number of aliphatic carboxylic acids is 2. The number of carbonyl (C=O) groups is 2. The van der Waals surface area contributed by atoms with Gasteiger partial charge in [-0.25, -0.2) is 4.98 Å². The summed E-state index contributed by atoms with van der Waals surface area (Å²) in [5, 5.41) is 18.9. The Kier molecular flexibility index (Phi) is 8.04. The zero-order chi connectivity index (χ0) is 31.0. The monoisotopic (exact) mass is 576 g/mol. The fourth-order valence-electron chi connectivity index (χ4n) is 6.00. The van der Waals surface area contributed by atoms with Crippen molar-refractivity contribution in [2.45, 2.75) is 59.8 Å². The smallest absolute Gasteiger partial charge is 0.303 e. The number of aryl methyl sites for hydroxylation is 2. The van der Waals surface area contributed by atoms with E-state index in [1.807, 2.05) is 51.1 Å². The average Bonchev–Trinajstić information content (AvgIpc) is 3.51. The van der Waals surface area contributed by atoms with E-state index >= 15 is 0 Å². The summed E-state index contributed by atoms with van der Waals surface area (Å²) in [6.07, 6.45) is 4.84. The van der Waals surface area contributed by atoms with Gasteiger partial charge in [0, 0.05) is 58.2 Å². The third kappa shape index (κ3) is 5.73. The fraction of sp³-hybridized carbons (Fsp3) is 0.257. The first-order chi connectivity index (χ1) is 20.5. The number of aromatic nitrogens is 4. The molecule has 2 aliphatic rings. The van der Waals surface area contributed by atoms with E-state index in [2.05, 4.69) is 36.1 Å². The van der Waals surface area contributed by atoms with Gasteiger partial charge in [-0.3, -0.25) is 14.6 Å². The Morgan fingerprint density at radius 2 is 1.28 bits per heavy atom. The molecule has 5 rings (SSSR count). The van der Waals surface area contributed by atoms with E-state index in [1.165, 1.54) is 0 Å². The van der Waals surface area contributed by atoms with Crippen molar-refractivity contribution in [2.75, 3.05) is 0 Å². The van der Waals surface area contributed by atoms with Gasteiger partial charge in [-0.15, -0.1) is 0 Å². The molecule has 0 atom stereocenters. The van der Waals surface area contributed by atoms with Crippen LogP contribution in [0, 0.1) is 13.8 Å². The Labute approximate surface area is 250 Å². The van der Waals surface area contributed by atoms with E-state index in [9.17, 15) is 19.8 Å². The van der Waals surface area contributed by atoms with Gasteiger partial charge in [0.2, 0.25) is 0 Å². The van der Waals surface area contributed by atoms with Gasteiger partial charge >= 0.3 is 11.9 Å². The zero-order valence-corrected chi connectivity index (χ0v) is 25.0. The molecule has 3 aromatic heterocycles. The van der Waals surface area contributed by atoms with Crippen LogP contribution in [0.4, 0.5) is 0 Å². The molecule has 4 N–H and O–H groups in total. The van der Waals surface area contributed by atoms with Crippen molar-refractivity contribution in [1.29, 1.82) is 0 Å². The first-order valence-electron chi connectivity index (χ1n) is 14.3. The molecule has 0 saturated carbocycles. The van der Waals surface area contributed by atoms with Crippen molar-refractivity contribution in [3.05, 3.63) is 88.0 Å². The van der Waals surface area contributed by atoms with Crippen molar-refractivity contribution < 1.29 is 19.8 Å². The number of nitrogens with zero attached hydrogens (tertiary/aromatic N) is 2. The summed E-state index contributed by atoms with van der Waals surface area (Å²) in [5.74, 6) is -1.76. The van der Waals surface area contributed by atoms with Crippen LogP contribution in [0.25, 0.3) is 50.9 Å². The van der Waals surface area contributed by atoms with Gasteiger partial charge in [0.15, 0.2) is 0 Å². The Morgan fingerprint density at radius 1 is 0.744 bits per heavy atom. The van der Waals surface area contributed by atoms with Gasteiger partial charge in [-0.2, -0.15) is 0 Å². The summed E-state index contributed by atoms with van der Waals surface area (Å²) in [7, 11) is 0. The van der Waals surface area contributed by atoms with Crippen LogP contribution in [0.15, 0.2) is 43.0 Å². The molecule has 43 heavy (non-hydrogen) atoms. The lowest BCUT2D eigenvalue weighted by molar-refractivity contribution is -0.137. The number of nitrogens with one attached hydrogen (secondary N) is 2. The predicted octanol–water partition coefficient (Wildman–Crippen LogP) is 7.89. The van der Waals surface area contributed by atoms with Crippen molar-refractivity contribution in [1.82, 2.24) is 19.9 Å². The fourth-order valence-corrected chi connectivity index (χ4v) is 6.00. The summed E-state index contributed by atoms with van der Waals surface area (Å²) in [6, 6.07) is 7.97. The second-order valence-electron chi connectivity index (χ2n) is 11.2. The average molecular weight is 577 g/mol. The summed E-state index contributed by atoms with van der Waals surface area (Å²) in [5.41, 5.74) is 14.1. The van der Waals surface area contributed by atoms with Crippen LogP contribution in [0.5, 0.6) is 0 Å². The molecule has 2 aliphatic heterocycles. The minimum atomic E-state index is -0.887. The van der Waals surface area contributed by atoms with E-state index in [0.717, 1.165) is 78.0 Å². The van der Waals surface area contributed by atoms with Crippen molar-refractivity contribution >= 4 is 62.9 Å². The van der Waals surface area contributed by atoms with Crippen LogP contribution < -0.4 is 0 Å². The lowest BCUT2D eigenvalue weighted by atomic mass is 9.93. The lowest BCUT2D eigenvalue weighted by Crippen LogP contribution is -2.06. The SMILES string of the molecule is C=Cc1c(C)c2cc3[nH]c(cc4nc(cc5nc(cc1[nH]2)C(C)=C5CCC(=O)O)C(CCC(=O)O)=C(C)C4)c(C)c3C=C. The number of carboxylic acid groups (broad SMARTS) is 2. The number of aromatic amines is 2. The first-order valence-corrected chi connectivity index (χ1v) is 14.3. The third-order valence-corrected chi connectivity index (χ3v) is 8.40. The molecule has 0 fully saturated rings. The molecule has 0 amide bonds. The van der Waals surface area contributed by atoms with E-state index in [1.54, 1.807) is 0 Å². The molecular formula is C35H36N4O4. The van der Waals surface area contributed by atoms with E-state index in [-0.39, 0.29) is 12.8 Å². The van der Waals surface area contributed by atoms with Crippen LogP contribution in [-0.4, -0.2) is 42.1 Å². The number of hydrogen-bond donors (Lipinski definition) is 4. The zero-order valence-electron chi connectivity index (χ0n) is 25.0. The summed E-state index contributed by atoms with van der Waals surface area (Å²) in [6.45, 7) is 16.2. The van der Waals surface area contributed by atoms with Crippen molar-refractivity contribution in [3.8, 4) is 0 Å². The lowest BCUT2D eigenvalue weighted by Gasteiger charge is -2.16. The highest BCUT2D eigenvalue weighted by Gasteiger charge is 2.21. The summed E-state index contributed by atoms with van der Waals surface area (Å²) in [4.78, 5) is 40.2. The van der Waals surface area contributed by atoms with Crippen molar-refractivity contribution in [3.63, 3.8) is 0 Å². The Balaban J connectivity index is 1.93. The van der Waals surface area contributed by atoms with E-state index in [0.29, 0.717) is 30.7 Å². The molecule has 3 aromatic rings. The highest BCUT2D eigenvalue weighted by atomic mass is 16.4. The van der Waals surface area contributed by atoms with Gasteiger partial charge in [0.1, 0.15) is 0 Å². The number of rotatable bonds is 8. The molecule has 0 aromatic carbocycles. The normalized spacial score (nSPS) is 13.3. The number of fused-ring (bicyclic) bond motifs is 8. The molecule has 8 nitrogen and oxygen atoms in total. The van der Waals surface area contributed by atoms with E-state index < -0.39 is 11.9 Å². The van der Waals surface area contributed by atoms with Crippen LogP contribution in [0.1, 0.15) is 84.6 Å². The molecule has 220 valence electrons. The van der Waals surface area contributed by atoms with E-state index in [4.69, 9.17) is 9.97 Å². The highest BCUT2D eigenvalue weighted by Crippen LogP contribution is 2.36. The molecule has 0 spiro atoms. The number of hydrogen-bond acceptors (Lipinski definition) is 4. The molecule has 0 radical (unpaired) electrons. The van der Waals surface area contributed by atoms with Crippen LogP contribution in [0.2, 0.25) is 0 Å². The maximum absolute atomic E-state index is 11.6. The third-order valence-electron chi connectivity index (χ3n) is 8.40. The summed E-state index contributed by atoms with van der Waals surface area (Å²) < 4.78 is 0. The molecule has 8 heteroatoms. The second-order valence-corrected chi connectivity index (χ2v) is 11.2. The van der Waals surface area contributed by atoms with Crippen molar-refractivity contribution in [2.24, 2.45) is 0 Å². The maximum atomic E-state index is 11.6. The maximum Gasteiger partial charge on any atom is 0.303 e. The molecule has 8 bridgehead atoms. The van der Waals surface area contributed by atoms with Crippen LogP contribution in [0.3, 0.4) is 0 Å². The van der Waals surface area contributed by atoms with Gasteiger partial charge in [0.25, 0.3) is 0 Å². The first kappa shape index (κ1) is 29.5. The number of allylic oxidation sites excluding steroid dienone is 4. The minimum Gasteiger partial charge on any atom is -0.481 e. The molecule has 5 heterocycles. The molecule has 0 saturated heterocycles. The van der Waals surface area contributed by atoms with Gasteiger partial charge in [-0.1, -0.05) is 30.9 Å². The molecule has 0 unspecified atom stereocenters. The predicted molar refractivity (Wildman–Crippen MR) is 173 cm³/mol. The molecular weight excluding hydrogens is 540 g/mol. The topological polar surface area (TPSA) is 132 Å². The number of H-pyrrole nitrogens is 2. The highest BCUT2D eigenvalue weighted by molar-refractivity contribution is 5.94. The van der Waals surface area contributed by atoms with Gasteiger partial charge in [0.05, 0.1) is 17.1 Å². The number of carboxylic acids is 2. The quantitative estimate of drug-likeness (QED) is 0.216. The Morgan fingerprint density at radius 3 is 1.86 bits per heavy atom. The Hall–Kier alpha value is -4.98. The van der Waals surface area contributed by atoms with Gasteiger partial charge < -0.3 is 20.2 Å². The largest absolute Gasteiger partial charge is 0.481 e.